The fourth-order valence-electron chi connectivity index (χ4n) is 0.807. The lowest BCUT2D eigenvalue weighted by atomic mass is 10.6. The molecule has 0 unspecified atom stereocenters. The normalized spacial score (nSPS) is 10.2. The highest BCUT2D eigenvalue weighted by Gasteiger charge is 2.06. The average Bonchev–Trinajstić information content (AvgIpc) is 2.67. The monoisotopic (exact) mass is 256 g/mol. The summed E-state index contributed by atoms with van der Waals surface area (Å²) in [7, 11) is 0. The minimum absolute atomic E-state index is 0.632. The molecule has 0 radical (unpaired) electrons. The summed E-state index contributed by atoms with van der Waals surface area (Å²) in [6.45, 7) is 0. The van der Waals surface area contributed by atoms with Gasteiger partial charge in [-0.05, 0) is 6.07 Å². The molecule has 2 rings (SSSR count). The lowest BCUT2D eigenvalue weighted by molar-refractivity contribution is 1.03. The first-order valence-corrected chi connectivity index (χ1v) is 5.49. The second-order valence-electron chi connectivity index (χ2n) is 2.21. The molecule has 0 spiro atoms. The molecule has 2 aromatic heterocycles. The molecule has 0 aliphatic carbocycles. The first-order chi connectivity index (χ1) is 6.40. The Morgan fingerprint density at radius 1 is 1.23 bits per heavy atom. The molecular formula is C7H5BrN4S. The number of alkyl halides is 1. The van der Waals surface area contributed by atoms with Crippen molar-refractivity contribution in [1.29, 1.82) is 0 Å². The van der Waals surface area contributed by atoms with Crippen molar-refractivity contribution in [1.82, 2.24) is 20.2 Å². The Bertz CT molecular complexity index is 388. The van der Waals surface area contributed by atoms with Crippen LogP contribution in [0.1, 0.15) is 5.01 Å². The second-order valence-corrected chi connectivity index (χ2v) is 3.83. The zero-order valence-electron chi connectivity index (χ0n) is 6.51. The van der Waals surface area contributed by atoms with E-state index >= 15 is 0 Å². The Kier molecular flexibility index (Phi) is 2.60. The number of nitrogens with zero attached hydrogens (tertiary/aromatic N) is 4. The fourth-order valence-corrected chi connectivity index (χ4v) is 1.90. The van der Waals surface area contributed by atoms with Gasteiger partial charge in [-0.15, -0.1) is 10.2 Å². The van der Waals surface area contributed by atoms with Crippen LogP contribution in [0.4, 0.5) is 0 Å². The first-order valence-electron chi connectivity index (χ1n) is 3.56. The summed E-state index contributed by atoms with van der Waals surface area (Å²) in [4.78, 5) is 8.16. The Balaban J connectivity index is 2.36. The van der Waals surface area contributed by atoms with Gasteiger partial charge >= 0.3 is 0 Å². The van der Waals surface area contributed by atoms with Gasteiger partial charge in [-0.3, -0.25) is 0 Å². The van der Waals surface area contributed by atoms with Crippen LogP contribution >= 0.6 is 27.3 Å². The predicted molar refractivity (Wildman–Crippen MR) is 53.6 cm³/mol. The number of hydrogen-bond donors (Lipinski definition) is 0. The Labute approximate surface area is 87.2 Å². The molecule has 0 aliphatic rings. The van der Waals surface area contributed by atoms with Crippen molar-refractivity contribution in [2.75, 3.05) is 0 Å². The summed E-state index contributed by atoms with van der Waals surface area (Å²) in [6.07, 6.45) is 3.38. The molecule has 0 saturated carbocycles. The molecule has 0 aliphatic heterocycles. The SMILES string of the molecule is BrCc1nnc(-c2ncccn2)s1. The first kappa shape index (κ1) is 8.71. The van der Waals surface area contributed by atoms with Crippen molar-refractivity contribution in [3.05, 3.63) is 23.5 Å². The van der Waals surface area contributed by atoms with E-state index in [4.69, 9.17) is 0 Å². The van der Waals surface area contributed by atoms with E-state index in [1.165, 1.54) is 11.3 Å². The van der Waals surface area contributed by atoms with E-state index in [1.807, 2.05) is 0 Å². The maximum atomic E-state index is 4.08. The molecule has 4 nitrogen and oxygen atoms in total. The topological polar surface area (TPSA) is 51.6 Å². The summed E-state index contributed by atoms with van der Waals surface area (Å²) in [5.41, 5.74) is 0. The fraction of sp³-hybridized carbons (Fsp3) is 0.143. The maximum absolute atomic E-state index is 4.08. The summed E-state index contributed by atoms with van der Waals surface area (Å²) < 4.78 is 0. The molecule has 6 heteroatoms. The van der Waals surface area contributed by atoms with Gasteiger partial charge in [0.25, 0.3) is 0 Å². The number of hydrogen-bond acceptors (Lipinski definition) is 5. The van der Waals surface area contributed by atoms with Gasteiger partial charge in [0.1, 0.15) is 5.01 Å². The van der Waals surface area contributed by atoms with E-state index in [-0.39, 0.29) is 0 Å². The van der Waals surface area contributed by atoms with Crippen LogP contribution in [0.2, 0.25) is 0 Å². The molecule has 13 heavy (non-hydrogen) atoms. The number of aromatic nitrogens is 4. The molecule has 0 saturated heterocycles. The van der Waals surface area contributed by atoms with E-state index in [2.05, 4.69) is 36.1 Å². The largest absolute Gasteiger partial charge is 0.234 e. The lowest BCUT2D eigenvalue weighted by Gasteiger charge is -1.88. The molecule has 0 N–H and O–H groups in total. The van der Waals surface area contributed by atoms with Crippen LogP contribution < -0.4 is 0 Å². The molecule has 66 valence electrons. The summed E-state index contributed by atoms with van der Waals surface area (Å²) in [5, 5.41) is 10.3. The van der Waals surface area contributed by atoms with E-state index in [0.717, 1.165) is 15.3 Å². The zero-order chi connectivity index (χ0) is 9.10. The molecule has 2 heterocycles. The van der Waals surface area contributed by atoms with E-state index in [9.17, 15) is 0 Å². The molecule has 2 aromatic rings. The highest BCUT2D eigenvalue weighted by Crippen LogP contribution is 2.20. The van der Waals surface area contributed by atoms with Crippen molar-refractivity contribution >= 4 is 27.3 Å². The number of halogens is 1. The van der Waals surface area contributed by atoms with Crippen LogP contribution in [0, 0.1) is 0 Å². The summed E-state index contributed by atoms with van der Waals surface area (Å²) in [5.74, 6) is 0.632. The third kappa shape index (κ3) is 1.89. The Morgan fingerprint density at radius 3 is 2.62 bits per heavy atom. The smallest absolute Gasteiger partial charge is 0.190 e. The van der Waals surface area contributed by atoms with Crippen molar-refractivity contribution < 1.29 is 0 Å². The van der Waals surface area contributed by atoms with Gasteiger partial charge in [-0.2, -0.15) is 0 Å². The summed E-state index contributed by atoms with van der Waals surface area (Å²) in [6, 6.07) is 1.77. The van der Waals surface area contributed by atoms with Gasteiger partial charge in [0.15, 0.2) is 10.8 Å². The minimum atomic E-state index is 0.632. The van der Waals surface area contributed by atoms with Crippen LogP contribution in [0.15, 0.2) is 18.5 Å². The van der Waals surface area contributed by atoms with E-state index in [1.54, 1.807) is 18.5 Å². The number of rotatable bonds is 2. The highest BCUT2D eigenvalue weighted by atomic mass is 79.9. The Hall–Kier alpha value is -0.880. The van der Waals surface area contributed by atoms with Gasteiger partial charge in [0, 0.05) is 12.4 Å². The molecular weight excluding hydrogens is 252 g/mol. The van der Waals surface area contributed by atoms with Crippen molar-refractivity contribution in [2.45, 2.75) is 5.33 Å². The van der Waals surface area contributed by atoms with Crippen LogP contribution in [-0.4, -0.2) is 20.2 Å². The average molecular weight is 257 g/mol. The Morgan fingerprint density at radius 2 is 2.00 bits per heavy atom. The second kappa shape index (κ2) is 3.89. The molecule has 0 amide bonds. The van der Waals surface area contributed by atoms with Crippen LogP contribution in [0.25, 0.3) is 10.8 Å². The predicted octanol–water partition coefficient (Wildman–Crippen LogP) is 1.89. The highest BCUT2D eigenvalue weighted by molar-refractivity contribution is 9.08. The quantitative estimate of drug-likeness (QED) is 0.771. The van der Waals surface area contributed by atoms with Gasteiger partial charge in [-0.1, -0.05) is 27.3 Å². The van der Waals surface area contributed by atoms with Crippen molar-refractivity contribution in [3.8, 4) is 10.8 Å². The maximum Gasteiger partial charge on any atom is 0.190 e. The standard InChI is InChI=1S/C7H5BrN4S/c8-4-5-11-12-7(13-5)6-9-2-1-3-10-6/h1-3H,4H2. The van der Waals surface area contributed by atoms with Crippen LogP contribution in [0.5, 0.6) is 0 Å². The third-order valence-corrected chi connectivity index (χ3v) is 3.16. The van der Waals surface area contributed by atoms with E-state index in [0.29, 0.717) is 5.82 Å². The van der Waals surface area contributed by atoms with Crippen LogP contribution in [0.3, 0.4) is 0 Å². The van der Waals surface area contributed by atoms with Crippen molar-refractivity contribution in [2.24, 2.45) is 0 Å². The van der Waals surface area contributed by atoms with E-state index < -0.39 is 0 Å². The van der Waals surface area contributed by atoms with Gasteiger partial charge in [-0.25, -0.2) is 9.97 Å². The van der Waals surface area contributed by atoms with Gasteiger partial charge in [0.05, 0.1) is 5.33 Å². The molecule has 0 fully saturated rings. The van der Waals surface area contributed by atoms with Crippen LogP contribution in [-0.2, 0) is 5.33 Å². The molecule has 0 atom stereocenters. The molecule has 0 aromatic carbocycles. The zero-order valence-corrected chi connectivity index (χ0v) is 8.92. The third-order valence-electron chi connectivity index (χ3n) is 1.34. The molecule has 0 bridgehead atoms. The van der Waals surface area contributed by atoms with Gasteiger partial charge < -0.3 is 0 Å². The lowest BCUT2D eigenvalue weighted by Crippen LogP contribution is -1.85. The summed E-state index contributed by atoms with van der Waals surface area (Å²) >= 11 is 4.80. The minimum Gasteiger partial charge on any atom is -0.234 e. The van der Waals surface area contributed by atoms with Gasteiger partial charge in [0.2, 0.25) is 0 Å². The van der Waals surface area contributed by atoms with Crippen molar-refractivity contribution in [3.63, 3.8) is 0 Å².